The molecule has 1 aromatic rings. The first-order chi connectivity index (χ1) is 5.79. The van der Waals surface area contributed by atoms with Gasteiger partial charge in [-0.3, -0.25) is 0 Å². The van der Waals surface area contributed by atoms with Gasteiger partial charge in [-0.2, -0.15) is 5.10 Å². The molecule has 0 bridgehead atoms. The molecule has 0 saturated carbocycles. The summed E-state index contributed by atoms with van der Waals surface area (Å²) in [5.41, 5.74) is 5.74. The molecule has 4 nitrogen and oxygen atoms in total. The highest BCUT2D eigenvalue weighted by Crippen LogP contribution is 2.23. The fourth-order valence-corrected chi connectivity index (χ4v) is 1.60. The molecule has 3 N–H and O–H groups in total. The summed E-state index contributed by atoms with van der Waals surface area (Å²) < 4.78 is 1.61. The van der Waals surface area contributed by atoms with Crippen molar-refractivity contribution in [2.75, 3.05) is 18.1 Å². The van der Waals surface area contributed by atoms with Crippen LogP contribution in [0, 0.1) is 0 Å². The number of hydrogen-bond acceptors (Lipinski definition) is 4. The third-order valence-corrected chi connectivity index (χ3v) is 2.37. The van der Waals surface area contributed by atoms with Crippen LogP contribution in [0.25, 0.3) is 0 Å². The minimum atomic E-state index is 0.0715. The SMILES string of the molecule is CCSc1cnn(CCO)c1N. The van der Waals surface area contributed by atoms with E-state index in [1.807, 2.05) is 0 Å². The van der Waals surface area contributed by atoms with Crippen molar-refractivity contribution in [1.29, 1.82) is 0 Å². The van der Waals surface area contributed by atoms with E-state index in [1.54, 1.807) is 22.6 Å². The summed E-state index contributed by atoms with van der Waals surface area (Å²) in [6.45, 7) is 2.60. The molecular weight excluding hydrogens is 174 g/mol. The molecule has 0 amide bonds. The van der Waals surface area contributed by atoms with Crippen molar-refractivity contribution in [2.45, 2.75) is 18.4 Å². The van der Waals surface area contributed by atoms with Gasteiger partial charge in [0.1, 0.15) is 5.82 Å². The average Bonchev–Trinajstić information content (AvgIpc) is 2.38. The molecule has 12 heavy (non-hydrogen) atoms. The zero-order valence-electron chi connectivity index (χ0n) is 7.03. The fraction of sp³-hybridized carbons (Fsp3) is 0.571. The number of thioether (sulfide) groups is 1. The van der Waals surface area contributed by atoms with Gasteiger partial charge < -0.3 is 10.8 Å². The van der Waals surface area contributed by atoms with Crippen molar-refractivity contribution >= 4 is 17.6 Å². The monoisotopic (exact) mass is 187 g/mol. The Morgan fingerprint density at radius 3 is 3.08 bits per heavy atom. The number of hydrogen-bond donors (Lipinski definition) is 2. The van der Waals surface area contributed by atoms with E-state index in [2.05, 4.69) is 12.0 Å². The highest BCUT2D eigenvalue weighted by atomic mass is 32.2. The van der Waals surface area contributed by atoms with Gasteiger partial charge in [-0.05, 0) is 5.75 Å². The van der Waals surface area contributed by atoms with Gasteiger partial charge in [0.15, 0.2) is 0 Å². The number of nitrogen functional groups attached to an aromatic ring is 1. The van der Waals surface area contributed by atoms with E-state index in [4.69, 9.17) is 10.8 Å². The highest BCUT2D eigenvalue weighted by molar-refractivity contribution is 7.99. The van der Waals surface area contributed by atoms with E-state index >= 15 is 0 Å². The Balaban J connectivity index is 2.74. The Labute approximate surface area is 75.8 Å². The normalized spacial score (nSPS) is 10.5. The minimum absolute atomic E-state index is 0.0715. The van der Waals surface area contributed by atoms with Gasteiger partial charge in [0.05, 0.1) is 24.2 Å². The number of rotatable bonds is 4. The molecule has 0 fully saturated rings. The first-order valence-corrected chi connectivity index (χ1v) is 4.83. The standard InChI is InChI=1S/C7H13N3OS/c1-2-12-6-5-9-10(3-4-11)7(6)8/h5,11H,2-4,8H2,1H3. The topological polar surface area (TPSA) is 64.1 Å². The Morgan fingerprint density at radius 1 is 1.75 bits per heavy atom. The van der Waals surface area contributed by atoms with Gasteiger partial charge in [0.25, 0.3) is 0 Å². The van der Waals surface area contributed by atoms with Crippen LogP contribution in [-0.2, 0) is 6.54 Å². The third-order valence-electron chi connectivity index (χ3n) is 1.46. The minimum Gasteiger partial charge on any atom is -0.394 e. The molecule has 0 unspecified atom stereocenters. The van der Waals surface area contributed by atoms with Gasteiger partial charge in [0.2, 0.25) is 0 Å². The maximum absolute atomic E-state index is 8.66. The zero-order valence-corrected chi connectivity index (χ0v) is 7.84. The van der Waals surface area contributed by atoms with Crippen LogP contribution < -0.4 is 5.73 Å². The first kappa shape index (κ1) is 9.41. The number of nitrogens with two attached hydrogens (primary N) is 1. The second kappa shape index (κ2) is 4.37. The summed E-state index contributed by atoms with van der Waals surface area (Å²) in [5, 5.41) is 12.7. The first-order valence-electron chi connectivity index (χ1n) is 3.84. The summed E-state index contributed by atoms with van der Waals surface area (Å²) in [7, 11) is 0. The van der Waals surface area contributed by atoms with Gasteiger partial charge in [-0.15, -0.1) is 11.8 Å². The Hall–Kier alpha value is -0.680. The van der Waals surface area contributed by atoms with Crippen molar-refractivity contribution in [1.82, 2.24) is 9.78 Å². The van der Waals surface area contributed by atoms with Gasteiger partial charge >= 0.3 is 0 Å². The second-order valence-corrected chi connectivity index (χ2v) is 3.58. The zero-order chi connectivity index (χ0) is 8.97. The molecule has 0 aliphatic rings. The lowest BCUT2D eigenvalue weighted by molar-refractivity contribution is 0.270. The van der Waals surface area contributed by atoms with Crippen molar-refractivity contribution in [3.8, 4) is 0 Å². The van der Waals surface area contributed by atoms with Gasteiger partial charge in [-0.25, -0.2) is 4.68 Å². The van der Waals surface area contributed by atoms with Crippen LogP contribution in [0.4, 0.5) is 5.82 Å². The van der Waals surface area contributed by atoms with E-state index < -0.39 is 0 Å². The van der Waals surface area contributed by atoms with Crippen LogP contribution in [-0.4, -0.2) is 27.2 Å². The number of aliphatic hydroxyl groups is 1. The molecule has 1 aromatic heterocycles. The van der Waals surface area contributed by atoms with E-state index in [0.29, 0.717) is 12.4 Å². The highest BCUT2D eigenvalue weighted by Gasteiger charge is 2.05. The lowest BCUT2D eigenvalue weighted by Gasteiger charge is -2.01. The van der Waals surface area contributed by atoms with Crippen molar-refractivity contribution in [2.24, 2.45) is 0 Å². The van der Waals surface area contributed by atoms with E-state index in [-0.39, 0.29) is 6.61 Å². The van der Waals surface area contributed by atoms with Crippen LogP contribution in [0.5, 0.6) is 0 Å². The predicted molar refractivity (Wildman–Crippen MR) is 50.1 cm³/mol. The number of anilines is 1. The third kappa shape index (κ3) is 1.92. The Morgan fingerprint density at radius 2 is 2.50 bits per heavy atom. The molecule has 0 radical (unpaired) electrons. The Kier molecular flexibility index (Phi) is 3.43. The van der Waals surface area contributed by atoms with Crippen LogP contribution in [0.15, 0.2) is 11.1 Å². The molecule has 0 aromatic carbocycles. The van der Waals surface area contributed by atoms with Crippen LogP contribution in [0.1, 0.15) is 6.92 Å². The van der Waals surface area contributed by atoms with Crippen molar-refractivity contribution < 1.29 is 5.11 Å². The molecule has 0 spiro atoms. The molecule has 5 heteroatoms. The molecule has 1 rings (SSSR count). The van der Waals surface area contributed by atoms with Crippen LogP contribution >= 0.6 is 11.8 Å². The summed E-state index contributed by atoms with van der Waals surface area (Å²) >= 11 is 1.66. The molecule has 0 saturated heterocycles. The van der Waals surface area contributed by atoms with Gasteiger partial charge in [-0.1, -0.05) is 6.92 Å². The number of aliphatic hydroxyl groups excluding tert-OH is 1. The maximum Gasteiger partial charge on any atom is 0.135 e. The lowest BCUT2D eigenvalue weighted by atomic mass is 10.6. The predicted octanol–water partition coefficient (Wildman–Crippen LogP) is 0.570. The largest absolute Gasteiger partial charge is 0.394 e. The Bertz CT molecular complexity index is 225. The van der Waals surface area contributed by atoms with E-state index in [9.17, 15) is 0 Å². The fourth-order valence-electron chi connectivity index (χ4n) is 0.917. The summed E-state index contributed by atoms with van der Waals surface area (Å²) in [6.07, 6.45) is 1.74. The lowest BCUT2D eigenvalue weighted by Crippen LogP contribution is -2.07. The molecule has 0 aliphatic heterocycles. The van der Waals surface area contributed by atoms with E-state index in [0.717, 1.165) is 10.6 Å². The molecule has 1 heterocycles. The summed E-state index contributed by atoms with van der Waals surface area (Å²) in [6, 6.07) is 0. The number of aromatic nitrogens is 2. The molecule has 0 aliphatic carbocycles. The summed E-state index contributed by atoms with van der Waals surface area (Å²) in [4.78, 5) is 0.992. The van der Waals surface area contributed by atoms with Crippen molar-refractivity contribution in [3.05, 3.63) is 6.20 Å². The smallest absolute Gasteiger partial charge is 0.135 e. The van der Waals surface area contributed by atoms with Crippen molar-refractivity contribution in [3.63, 3.8) is 0 Å². The van der Waals surface area contributed by atoms with E-state index in [1.165, 1.54) is 0 Å². The maximum atomic E-state index is 8.66. The van der Waals surface area contributed by atoms with Gasteiger partial charge in [0, 0.05) is 0 Å². The summed E-state index contributed by atoms with van der Waals surface area (Å²) in [5.74, 6) is 1.63. The molecular formula is C7H13N3OS. The molecule has 0 atom stereocenters. The number of nitrogens with zero attached hydrogens (tertiary/aromatic N) is 2. The quantitative estimate of drug-likeness (QED) is 0.676. The average molecular weight is 187 g/mol. The van der Waals surface area contributed by atoms with Crippen LogP contribution in [0.2, 0.25) is 0 Å². The molecule has 68 valence electrons. The van der Waals surface area contributed by atoms with Crippen LogP contribution in [0.3, 0.4) is 0 Å². The second-order valence-electron chi connectivity index (χ2n) is 2.27.